The van der Waals surface area contributed by atoms with E-state index in [1.807, 2.05) is 4.90 Å². The van der Waals surface area contributed by atoms with Crippen LogP contribution in [0.15, 0.2) is 41.4 Å². The van der Waals surface area contributed by atoms with Crippen LogP contribution in [0.25, 0.3) is 0 Å². The second kappa shape index (κ2) is 7.54. The maximum absolute atomic E-state index is 13.2. The second-order valence-corrected chi connectivity index (χ2v) is 6.68. The zero-order valence-electron chi connectivity index (χ0n) is 13.2. The Labute approximate surface area is 139 Å². The smallest absolute Gasteiger partial charge is 0.263 e. The van der Waals surface area contributed by atoms with Gasteiger partial charge in [0.15, 0.2) is 11.6 Å². The number of nitrogens with zero attached hydrogens (tertiary/aromatic N) is 2. The van der Waals surface area contributed by atoms with Gasteiger partial charge in [-0.05, 0) is 24.3 Å². The van der Waals surface area contributed by atoms with Gasteiger partial charge in [0.1, 0.15) is 10.7 Å². The predicted octanol–water partition coefficient (Wildman–Crippen LogP) is 2.24. The van der Waals surface area contributed by atoms with Gasteiger partial charge >= 0.3 is 0 Å². The van der Waals surface area contributed by atoms with Gasteiger partial charge in [0.2, 0.25) is 0 Å². The second-order valence-electron chi connectivity index (χ2n) is 5.00. The molecule has 1 N–H and O–H groups in total. The highest BCUT2D eigenvalue weighted by molar-refractivity contribution is 7.92. The lowest BCUT2D eigenvalue weighted by Crippen LogP contribution is -2.23. The highest BCUT2D eigenvalue weighted by Gasteiger charge is 2.16. The number of nitrogens with one attached hydrogen (secondary N) is 1. The largest absolute Gasteiger partial charge is 0.383 e. The van der Waals surface area contributed by atoms with Gasteiger partial charge in [-0.2, -0.15) is 0 Å². The summed E-state index contributed by atoms with van der Waals surface area (Å²) >= 11 is 0. The van der Waals surface area contributed by atoms with Crippen LogP contribution >= 0.6 is 0 Å². The van der Waals surface area contributed by atoms with E-state index in [0.29, 0.717) is 19.0 Å². The lowest BCUT2D eigenvalue weighted by molar-refractivity contribution is 0.206. The topological polar surface area (TPSA) is 71.5 Å². The van der Waals surface area contributed by atoms with Crippen molar-refractivity contribution in [2.45, 2.75) is 4.90 Å². The summed E-state index contributed by atoms with van der Waals surface area (Å²) in [5.41, 5.74) is -0.0739. The molecule has 6 nitrogen and oxygen atoms in total. The number of pyridine rings is 1. The Bertz CT molecular complexity index is 798. The summed E-state index contributed by atoms with van der Waals surface area (Å²) in [5, 5.41) is 0. The van der Waals surface area contributed by atoms with Crippen LogP contribution in [0, 0.1) is 11.6 Å². The number of hydrogen-bond donors (Lipinski definition) is 1. The zero-order valence-corrected chi connectivity index (χ0v) is 14.0. The third-order valence-electron chi connectivity index (χ3n) is 3.22. The summed E-state index contributed by atoms with van der Waals surface area (Å²) in [6, 6.07) is 5.69. The van der Waals surface area contributed by atoms with E-state index in [2.05, 4.69) is 9.71 Å². The number of rotatable bonds is 7. The highest BCUT2D eigenvalue weighted by atomic mass is 32.2. The maximum Gasteiger partial charge on any atom is 0.263 e. The number of ether oxygens (including phenoxy) is 1. The molecule has 0 saturated heterocycles. The number of sulfonamides is 1. The molecule has 0 radical (unpaired) electrons. The van der Waals surface area contributed by atoms with Gasteiger partial charge < -0.3 is 9.64 Å². The Morgan fingerprint density at radius 3 is 2.54 bits per heavy atom. The van der Waals surface area contributed by atoms with Crippen LogP contribution in [0.1, 0.15) is 0 Å². The molecule has 1 heterocycles. The number of benzene rings is 1. The summed E-state index contributed by atoms with van der Waals surface area (Å²) in [7, 11) is -0.562. The molecule has 0 atom stereocenters. The van der Waals surface area contributed by atoms with Crippen LogP contribution < -0.4 is 9.62 Å². The van der Waals surface area contributed by atoms with Crippen LogP contribution in [0.4, 0.5) is 20.3 Å². The Balaban J connectivity index is 2.15. The minimum atomic E-state index is -3.95. The number of methoxy groups -OCH3 is 1. The average Bonchev–Trinajstić information content (AvgIpc) is 2.56. The average molecular weight is 357 g/mol. The normalized spacial score (nSPS) is 11.3. The Kier molecular flexibility index (Phi) is 5.68. The van der Waals surface area contributed by atoms with Crippen molar-refractivity contribution in [1.29, 1.82) is 0 Å². The van der Waals surface area contributed by atoms with Crippen molar-refractivity contribution in [2.24, 2.45) is 0 Å². The van der Waals surface area contributed by atoms with Crippen molar-refractivity contribution in [3.05, 3.63) is 48.2 Å². The van der Waals surface area contributed by atoms with Gasteiger partial charge in [-0.1, -0.05) is 0 Å². The van der Waals surface area contributed by atoms with Gasteiger partial charge in [-0.25, -0.2) is 22.2 Å². The van der Waals surface area contributed by atoms with Gasteiger partial charge in [-0.3, -0.25) is 4.72 Å². The molecule has 1 aromatic carbocycles. The number of halogens is 2. The van der Waals surface area contributed by atoms with Crippen LogP contribution in [-0.4, -0.2) is 40.7 Å². The third kappa shape index (κ3) is 4.39. The van der Waals surface area contributed by atoms with E-state index in [9.17, 15) is 17.2 Å². The van der Waals surface area contributed by atoms with E-state index >= 15 is 0 Å². The zero-order chi connectivity index (χ0) is 17.7. The lowest BCUT2D eigenvalue weighted by atomic mass is 10.3. The van der Waals surface area contributed by atoms with Crippen LogP contribution in [0.5, 0.6) is 0 Å². The molecule has 0 spiro atoms. The van der Waals surface area contributed by atoms with E-state index in [1.54, 1.807) is 20.2 Å². The molecule has 0 aliphatic carbocycles. The number of aromatic nitrogens is 1. The highest BCUT2D eigenvalue weighted by Crippen LogP contribution is 2.19. The third-order valence-corrected chi connectivity index (χ3v) is 4.59. The molecule has 0 aliphatic rings. The molecular weight excluding hydrogens is 340 g/mol. The molecule has 2 rings (SSSR count). The molecule has 0 bridgehead atoms. The molecule has 24 heavy (non-hydrogen) atoms. The molecule has 0 saturated carbocycles. The number of anilines is 2. The first-order valence-corrected chi connectivity index (χ1v) is 8.46. The Morgan fingerprint density at radius 2 is 1.96 bits per heavy atom. The SMILES string of the molecule is COCCN(C)c1ccc(S(=O)(=O)Nc2ccc(F)c(F)c2)cn1. The van der Waals surface area contributed by atoms with E-state index in [1.165, 1.54) is 12.3 Å². The van der Waals surface area contributed by atoms with Crippen molar-refractivity contribution < 1.29 is 21.9 Å². The van der Waals surface area contributed by atoms with E-state index < -0.39 is 21.7 Å². The summed E-state index contributed by atoms with van der Waals surface area (Å²) in [6.07, 6.45) is 1.20. The molecule has 9 heteroatoms. The molecule has 0 aliphatic heterocycles. The van der Waals surface area contributed by atoms with E-state index in [-0.39, 0.29) is 10.6 Å². The quantitative estimate of drug-likeness (QED) is 0.823. The fraction of sp³-hybridized carbons (Fsp3) is 0.267. The fourth-order valence-corrected chi connectivity index (χ4v) is 2.87. The lowest BCUT2D eigenvalue weighted by Gasteiger charge is -2.17. The maximum atomic E-state index is 13.2. The summed E-state index contributed by atoms with van der Waals surface area (Å²) < 4.78 is 57.7. The molecule has 1 aromatic heterocycles. The van der Waals surface area contributed by atoms with E-state index in [0.717, 1.165) is 18.2 Å². The van der Waals surface area contributed by atoms with Gasteiger partial charge in [0.25, 0.3) is 10.0 Å². The molecule has 0 fully saturated rings. The molecule has 0 unspecified atom stereocenters. The van der Waals surface area contributed by atoms with Gasteiger partial charge in [-0.15, -0.1) is 0 Å². The summed E-state index contributed by atoms with van der Waals surface area (Å²) in [4.78, 5) is 5.81. The van der Waals surface area contributed by atoms with Gasteiger partial charge in [0.05, 0.1) is 12.3 Å². The summed E-state index contributed by atoms with van der Waals surface area (Å²) in [5.74, 6) is -1.61. The van der Waals surface area contributed by atoms with Crippen molar-refractivity contribution in [3.8, 4) is 0 Å². The molecule has 0 amide bonds. The minimum Gasteiger partial charge on any atom is -0.383 e. The predicted molar refractivity (Wildman–Crippen MR) is 86.5 cm³/mol. The summed E-state index contributed by atoms with van der Waals surface area (Å²) in [6.45, 7) is 1.11. The first kappa shape index (κ1) is 18.1. The van der Waals surface area contributed by atoms with Crippen molar-refractivity contribution >= 4 is 21.5 Å². The van der Waals surface area contributed by atoms with Crippen molar-refractivity contribution in [1.82, 2.24) is 4.98 Å². The van der Waals surface area contributed by atoms with E-state index in [4.69, 9.17) is 4.74 Å². The van der Waals surface area contributed by atoms with Crippen LogP contribution in [0.2, 0.25) is 0 Å². The van der Waals surface area contributed by atoms with Crippen LogP contribution in [-0.2, 0) is 14.8 Å². The van der Waals surface area contributed by atoms with Crippen molar-refractivity contribution in [3.63, 3.8) is 0 Å². The number of likely N-dealkylation sites (N-methyl/N-ethyl adjacent to an activating group) is 1. The Hall–Kier alpha value is -2.26. The Morgan fingerprint density at radius 1 is 1.21 bits per heavy atom. The standard InChI is InChI=1S/C15H17F2N3O3S/c1-20(7-8-23-2)15-6-4-12(10-18-15)24(21,22)19-11-3-5-13(16)14(17)9-11/h3-6,9-10,19H,7-8H2,1-2H3. The fourth-order valence-electron chi connectivity index (χ4n) is 1.87. The number of hydrogen-bond acceptors (Lipinski definition) is 5. The van der Waals surface area contributed by atoms with Crippen LogP contribution in [0.3, 0.4) is 0 Å². The van der Waals surface area contributed by atoms with Gasteiger partial charge in [0, 0.05) is 33.0 Å². The molecule has 130 valence electrons. The minimum absolute atomic E-state index is 0.0739. The molecular formula is C15H17F2N3O3S. The van der Waals surface area contributed by atoms with Crippen molar-refractivity contribution in [2.75, 3.05) is 36.9 Å². The monoisotopic (exact) mass is 357 g/mol. The first-order valence-electron chi connectivity index (χ1n) is 6.97. The first-order chi connectivity index (χ1) is 11.3. The molecule has 2 aromatic rings.